The number of sulfone groups is 1. The van der Waals surface area contributed by atoms with Gasteiger partial charge in [-0.1, -0.05) is 32.0 Å². The van der Waals surface area contributed by atoms with Gasteiger partial charge in [0.25, 0.3) is 0 Å². The van der Waals surface area contributed by atoms with Gasteiger partial charge in [-0.25, -0.2) is 14.3 Å². The van der Waals surface area contributed by atoms with Crippen LogP contribution in [0.15, 0.2) is 29.2 Å². The summed E-state index contributed by atoms with van der Waals surface area (Å²) in [5.74, 6) is 5.06. The third kappa shape index (κ3) is 2.81. The van der Waals surface area contributed by atoms with Gasteiger partial charge in [0.1, 0.15) is 0 Å². The van der Waals surface area contributed by atoms with Crippen LogP contribution in [-0.4, -0.2) is 21.3 Å². The van der Waals surface area contributed by atoms with Crippen molar-refractivity contribution in [1.82, 2.24) is 0 Å². The summed E-state index contributed by atoms with van der Waals surface area (Å²) in [4.78, 5) is 4.96. The summed E-state index contributed by atoms with van der Waals surface area (Å²) in [5, 5.41) is 0. The number of nitrogens with two attached hydrogens (primary N) is 1. The Morgan fingerprint density at radius 2 is 1.88 bits per heavy atom. The molecular weight excluding hydrogens is 226 g/mol. The van der Waals surface area contributed by atoms with Gasteiger partial charge < -0.3 is 4.84 Å². The average molecular weight is 243 g/mol. The van der Waals surface area contributed by atoms with Crippen LogP contribution in [0.2, 0.25) is 0 Å². The van der Waals surface area contributed by atoms with Crippen LogP contribution in [0.3, 0.4) is 0 Å². The van der Waals surface area contributed by atoms with E-state index in [1.165, 1.54) is 6.26 Å². The Bertz CT molecular complexity index is 466. The van der Waals surface area contributed by atoms with E-state index in [0.717, 1.165) is 5.56 Å². The van der Waals surface area contributed by atoms with Crippen LogP contribution in [-0.2, 0) is 20.1 Å². The van der Waals surface area contributed by atoms with Gasteiger partial charge in [0.2, 0.25) is 0 Å². The van der Waals surface area contributed by atoms with Crippen molar-refractivity contribution >= 4 is 9.84 Å². The molecule has 2 N–H and O–H groups in total. The molecule has 0 amide bonds. The van der Waals surface area contributed by atoms with E-state index in [9.17, 15) is 8.42 Å². The molecule has 0 aromatic heterocycles. The SMILES string of the molecule is CC(C)(CON)c1ccccc1S(C)(=O)=O. The molecule has 0 aliphatic carbocycles. The fraction of sp³-hybridized carbons (Fsp3) is 0.455. The Morgan fingerprint density at radius 1 is 1.31 bits per heavy atom. The maximum atomic E-state index is 11.6. The smallest absolute Gasteiger partial charge is 0.175 e. The highest BCUT2D eigenvalue weighted by atomic mass is 32.2. The molecular formula is C11H17NO3S. The number of rotatable bonds is 4. The predicted molar refractivity (Wildman–Crippen MR) is 62.7 cm³/mol. The molecule has 0 radical (unpaired) electrons. The van der Waals surface area contributed by atoms with E-state index >= 15 is 0 Å². The number of benzene rings is 1. The summed E-state index contributed by atoms with van der Waals surface area (Å²) in [5.41, 5.74) is 0.289. The molecule has 0 aliphatic rings. The highest BCUT2D eigenvalue weighted by Crippen LogP contribution is 2.29. The van der Waals surface area contributed by atoms with Gasteiger partial charge in [-0.15, -0.1) is 0 Å². The number of hydrogen-bond donors (Lipinski definition) is 1. The van der Waals surface area contributed by atoms with E-state index in [1.54, 1.807) is 18.2 Å². The monoisotopic (exact) mass is 243 g/mol. The fourth-order valence-corrected chi connectivity index (χ4v) is 2.70. The van der Waals surface area contributed by atoms with Crippen LogP contribution in [0.5, 0.6) is 0 Å². The van der Waals surface area contributed by atoms with Gasteiger partial charge >= 0.3 is 0 Å². The summed E-state index contributed by atoms with van der Waals surface area (Å²) in [6, 6.07) is 6.90. The Morgan fingerprint density at radius 3 is 2.38 bits per heavy atom. The third-order valence-corrected chi connectivity index (χ3v) is 3.61. The summed E-state index contributed by atoms with van der Waals surface area (Å²) < 4.78 is 23.3. The molecule has 90 valence electrons. The number of hydrogen-bond acceptors (Lipinski definition) is 4. The molecule has 0 atom stereocenters. The molecule has 0 spiro atoms. The molecule has 0 saturated carbocycles. The molecule has 4 nitrogen and oxygen atoms in total. The summed E-state index contributed by atoms with van der Waals surface area (Å²) in [6.07, 6.45) is 1.20. The molecule has 16 heavy (non-hydrogen) atoms. The Balaban J connectivity index is 3.35. The lowest BCUT2D eigenvalue weighted by Gasteiger charge is -2.25. The van der Waals surface area contributed by atoms with E-state index in [-0.39, 0.29) is 6.61 Å². The molecule has 0 saturated heterocycles. The zero-order valence-electron chi connectivity index (χ0n) is 9.73. The van der Waals surface area contributed by atoms with Gasteiger partial charge in [0, 0.05) is 11.7 Å². The second-order valence-corrected chi connectivity index (χ2v) is 6.45. The van der Waals surface area contributed by atoms with Gasteiger partial charge in [0.05, 0.1) is 11.5 Å². The Hall–Kier alpha value is -0.910. The average Bonchev–Trinajstić information content (AvgIpc) is 2.16. The van der Waals surface area contributed by atoms with Crippen molar-refractivity contribution in [2.45, 2.75) is 24.2 Å². The van der Waals surface area contributed by atoms with Crippen LogP contribution in [0.25, 0.3) is 0 Å². The Kier molecular flexibility index (Phi) is 3.72. The lowest BCUT2D eigenvalue weighted by atomic mass is 9.85. The van der Waals surface area contributed by atoms with E-state index in [0.29, 0.717) is 4.90 Å². The lowest BCUT2D eigenvalue weighted by molar-refractivity contribution is 0.0955. The molecule has 0 fully saturated rings. The van der Waals surface area contributed by atoms with Crippen molar-refractivity contribution in [3.63, 3.8) is 0 Å². The maximum absolute atomic E-state index is 11.6. The van der Waals surface area contributed by atoms with Crippen LogP contribution in [0, 0.1) is 0 Å². The van der Waals surface area contributed by atoms with E-state index in [2.05, 4.69) is 4.84 Å². The fourth-order valence-electron chi connectivity index (χ4n) is 1.64. The van der Waals surface area contributed by atoms with Gasteiger partial charge in [-0.3, -0.25) is 0 Å². The topological polar surface area (TPSA) is 69.4 Å². The van der Waals surface area contributed by atoms with Crippen LogP contribution >= 0.6 is 0 Å². The van der Waals surface area contributed by atoms with Crippen LogP contribution in [0.1, 0.15) is 19.4 Å². The quantitative estimate of drug-likeness (QED) is 0.808. The van der Waals surface area contributed by atoms with Crippen molar-refractivity contribution in [2.24, 2.45) is 5.90 Å². The normalized spacial score (nSPS) is 12.8. The first kappa shape index (κ1) is 13.2. The standard InChI is InChI=1S/C11H17NO3S/c1-11(2,8-15-12)9-6-4-5-7-10(9)16(3,13)14/h4-7H,8,12H2,1-3H3. The maximum Gasteiger partial charge on any atom is 0.175 e. The largest absolute Gasteiger partial charge is 0.304 e. The summed E-state index contributed by atoms with van der Waals surface area (Å²) >= 11 is 0. The zero-order chi connectivity index (χ0) is 12.4. The first-order valence-corrected chi connectivity index (χ1v) is 6.79. The lowest BCUT2D eigenvalue weighted by Crippen LogP contribution is -2.28. The predicted octanol–water partition coefficient (Wildman–Crippen LogP) is 1.26. The highest BCUT2D eigenvalue weighted by Gasteiger charge is 2.26. The summed E-state index contributed by atoms with van der Waals surface area (Å²) in [6.45, 7) is 4.05. The van der Waals surface area contributed by atoms with Crippen molar-refractivity contribution < 1.29 is 13.3 Å². The van der Waals surface area contributed by atoms with E-state index < -0.39 is 15.3 Å². The van der Waals surface area contributed by atoms with Crippen molar-refractivity contribution in [1.29, 1.82) is 0 Å². The van der Waals surface area contributed by atoms with Crippen molar-refractivity contribution in [3.8, 4) is 0 Å². The highest BCUT2D eigenvalue weighted by molar-refractivity contribution is 7.90. The first-order valence-electron chi connectivity index (χ1n) is 4.90. The van der Waals surface area contributed by atoms with Gasteiger partial charge in [0.15, 0.2) is 9.84 Å². The van der Waals surface area contributed by atoms with E-state index in [1.807, 2.05) is 19.9 Å². The molecule has 0 aliphatic heterocycles. The third-order valence-electron chi connectivity index (χ3n) is 2.46. The van der Waals surface area contributed by atoms with Gasteiger partial charge in [-0.05, 0) is 11.6 Å². The molecule has 1 aromatic rings. The molecule has 1 aromatic carbocycles. The minimum Gasteiger partial charge on any atom is -0.304 e. The molecule has 0 bridgehead atoms. The second kappa shape index (κ2) is 4.53. The van der Waals surface area contributed by atoms with Crippen LogP contribution in [0.4, 0.5) is 0 Å². The molecule has 1 rings (SSSR count). The second-order valence-electron chi connectivity index (χ2n) is 4.46. The minimum absolute atomic E-state index is 0.263. The van der Waals surface area contributed by atoms with Gasteiger partial charge in [-0.2, -0.15) is 0 Å². The minimum atomic E-state index is -3.23. The van der Waals surface area contributed by atoms with Crippen molar-refractivity contribution in [2.75, 3.05) is 12.9 Å². The zero-order valence-corrected chi connectivity index (χ0v) is 10.5. The summed E-state index contributed by atoms with van der Waals surface area (Å²) in [7, 11) is -3.23. The molecule has 5 heteroatoms. The van der Waals surface area contributed by atoms with E-state index in [4.69, 9.17) is 5.90 Å². The van der Waals surface area contributed by atoms with Crippen LogP contribution < -0.4 is 5.90 Å². The molecule has 0 heterocycles. The Labute approximate surface area is 96.3 Å². The molecule has 0 unspecified atom stereocenters. The first-order chi connectivity index (χ1) is 7.29. The van der Waals surface area contributed by atoms with Crippen molar-refractivity contribution in [3.05, 3.63) is 29.8 Å².